The Hall–Kier alpha value is -2.29. The molecule has 0 aliphatic carbocycles. The van der Waals surface area contributed by atoms with E-state index in [2.05, 4.69) is 0 Å². The number of ether oxygens (including phenoxy) is 2. The van der Waals surface area contributed by atoms with Crippen molar-refractivity contribution >= 4 is 5.78 Å². The van der Waals surface area contributed by atoms with E-state index in [1.807, 2.05) is 77.9 Å². The molecule has 3 heteroatoms. The van der Waals surface area contributed by atoms with Gasteiger partial charge in [-0.1, -0.05) is 0 Å². The summed E-state index contributed by atoms with van der Waals surface area (Å²) in [6.07, 6.45) is 0.225. The summed E-state index contributed by atoms with van der Waals surface area (Å²) >= 11 is 0. The zero-order valence-corrected chi connectivity index (χ0v) is 15.3. The zero-order valence-electron chi connectivity index (χ0n) is 15.3. The summed E-state index contributed by atoms with van der Waals surface area (Å²) in [7, 11) is 0. The van der Waals surface area contributed by atoms with Crippen molar-refractivity contribution in [1.82, 2.24) is 0 Å². The van der Waals surface area contributed by atoms with Gasteiger partial charge in [0.15, 0.2) is 5.78 Å². The average Bonchev–Trinajstić information content (AvgIpc) is 2.50. The Balaban J connectivity index is 2.25. The SMILES string of the molecule is Cc1cc(C(=O)c2ccc(OC(C)C)c(C)c2)ccc1OC(C)C. The van der Waals surface area contributed by atoms with Crippen LogP contribution in [-0.4, -0.2) is 18.0 Å². The molecule has 0 N–H and O–H groups in total. The van der Waals surface area contributed by atoms with Gasteiger partial charge in [-0.25, -0.2) is 0 Å². The summed E-state index contributed by atoms with van der Waals surface area (Å²) in [6, 6.07) is 11.1. The Labute approximate surface area is 144 Å². The van der Waals surface area contributed by atoms with E-state index in [0.717, 1.165) is 22.6 Å². The number of benzene rings is 2. The molecule has 2 aromatic carbocycles. The lowest BCUT2D eigenvalue weighted by Crippen LogP contribution is -2.09. The van der Waals surface area contributed by atoms with Crippen LogP contribution in [-0.2, 0) is 0 Å². The maximum atomic E-state index is 12.7. The van der Waals surface area contributed by atoms with Gasteiger partial charge in [-0.2, -0.15) is 0 Å². The minimum absolute atomic E-state index is 0.00777. The third kappa shape index (κ3) is 4.38. The van der Waals surface area contributed by atoms with Gasteiger partial charge in [0.1, 0.15) is 11.5 Å². The van der Waals surface area contributed by atoms with Gasteiger partial charge in [0.05, 0.1) is 12.2 Å². The Morgan fingerprint density at radius 2 is 1.12 bits per heavy atom. The number of aryl methyl sites for hydroxylation is 2. The highest BCUT2D eigenvalue weighted by molar-refractivity contribution is 6.09. The maximum absolute atomic E-state index is 12.7. The van der Waals surface area contributed by atoms with Crippen LogP contribution in [0.15, 0.2) is 36.4 Å². The quantitative estimate of drug-likeness (QED) is 0.692. The number of carbonyl (C=O) groups is 1. The fourth-order valence-electron chi connectivity index (χ4n) is 2.52. The van der Waals surface area contributed by atoms with Crippen LogP contribution in [0.4, 0.5) is 0 Å². The summed E-state index contributed by atoms with van der Waals surface area (Å²) in [4.78, 5) is 12.7. The standard InChI is InChI=1S/C21H26O3/c1-13(2)23-19-9-7-17(11-15(19)5)21(22)18-8-10-20(16(6)12-18)24-14(3)4/h7-14H,1-6H3. The van der Waals surface area contributed by atoms with Crippen LogP contribution in [0.25, 0.3) is 0 Å². The second-order valence-corrected chi connectivity index (χ2v) is 6.62. The van der Waals surface area contributed by atoms with Gasteiger partial charge < -0.3 is 9.47 Å². The number of hydrogen-bond donors (Lipinski definition) is 0. The molecule has 0 radical (unpaired) electrons. The summed E-state index contributed by atoms with van der Waals surface area (Å²) in [5, 5.41) is 0. The first kappa shape index (κ1) is 18.1. The van der Waals surface area contributed by atoms with Crippen molar-refractivity contribution in [1.29, 1.82) is 0 Å². The Morgan fingerprint density at radius 3 is 1.42 bits per heavy atom. The van der Waals surface area contributed by atoms with Gasteiger partial charge in [0.25, 0.3) is 0 Å². The van der Waals surface area contributed by atoms with Gasteiger partial charge >= 0.3 is 0 Å². The van der Waals surface area contributed by atoms with E-state index < -0.39 is 0 Å². The molecule has 0 saturated carbocycles. The van der Waals surface area contributed by atoms with Crippen LogP contribution in [0.1, 0.15) is 54.7 Å². The minimum atomic E-state index is 0.00777. The number of hydrogen-bond acceptors (Lipinski definition) is 3. The van der Waals surface area contributed by atoms with Crippen LogP contribution in [0.3, 0.4) is 0 Å². The lowest BCUT2D eigenvalue weighted by molar-refractivity contribution is 0.103. The molecule has 0 saturated heterocycles. The summed E-state index contributed by atoms with van der Waals surface area (Å²) in [6.45, 7) is 11.9. The largest absolute Gasteiger partial charge is 0.491 e. The van der Waals surface area contributed by atoms with Crippen molar-refractivity contribution in [2.24, 2.45) is 0 Å². The third-order valence-corrected chi connectivity index (χ3v) is 3.60. The normalized spacial score (nSPS) is 11.0. The minimum Gasteiger partial charge on any atom is -0.491 e. The summed E-state index contributed by atoms with van der Waals surface area (Å²) in [5.74, 6) is 1.64. The topological polar surface area (TPSA) is 35.5 Å². The van der Waals surface area contributed by atoms with Crippen molar-refractivity contribution in [3.63, 3.8) is 0 Å². The van der Waals surface area contributed by atoms with Crippen molar-refractivity contribution < 1.29 is 14.3 Å². The van der Waals surface area contributed by atoms with E-state index in [0.29, 0.717) is 11.1 Å². The molecule has 0 aliphatic heterocycles. The second-order valence-electron chi connectivity index (χ2n) is 6.62. The van der Waals surface area contributed by atoms with Crippen molar-refractivity contribution in [3.8, 4) is 11.5 Å². The van der Waals surface area contributed by atoms with Gasteiger partial charge in [-0.15, -0.1) is 0 Å². The highest BCUT2D eigenvalue weighted by Crippen LogP contribution is 2.25. The molecule has 24 heavy (non-hydrogen) atoms. The fraction of sp³-hybridized carbons (Fsp3) is 0.381. The van der Waals surface area contributed by atoms with Crippen LogP contribution in [0.2, 0.25) is 0 Å². The molecule has 0 heterocycles. The Kier molecular flexibility index (Phi) is 5.66. The van der Waals surface area contributed by atoms with Crippen LogP contribution in [0.5, 0.6) is 11.5 Å². The van der Waals surface area contributed by atoms with Crippen LogP contribution >= 0.6 is 0 Å². The van der Waals surface area contributed by atoms with Gasteiger partial charge in [-0.3, -0.25) is 4.79 Å². The zero-order chi connectivity index (χ0) is 17.9. The molecule has 128 valence electrons. The molecule has 0 amide bonds. The molecule has 0 aromatic heterocycles. The van der Waals surface area contributed by atoms with Crippen molar-refractivity contribution in [3.05, 3.63) is 58.7 Å². The molecule has 0 spiro atoms. The molecule has 0 unspecified atom stereocenters. The highest BCUT2D eigenvalue weighted by atomic mass is 16.5. The third-order valence-electron chi connectivity index (χ3n) is 3.60. The molecular formula is C21H26O3. The van der Waals surface area contributed by atoms with E-state index in [4.69, 9.17) is 9.47 Å². The van der Waals surface area contributed by atoms with E-state index >= 15 is 0 Å². The van der Waals surface area contributed by atoms with Gasteiger partial charge in [-0.05, 0) is 89.1 Å². The number of carbonyl (C=O) groups excluding carboxylic acids is 1. The first-order valence-corrected chi connectivity index (χ1v) is 8.37. The van der Waals surface area contributed by atoms with Crippen molar-refractivity contribution in [2.75, 3.05) is 0 Å². The smallest absolute Gasteiger partial charge is 0.193 e. The van der Waals surface area contributed by atoms with E-state index in [-0.39, 0.29) is 18.0 Å². The molecule has 3 nitrogen and oxygen atoms in total. The molecule has 0 fully saturated rings. The summed E-state index contributed by atoms with van der Waals surface area (Å²) < 4.78 is 11.5. The molecule has 2 rings (SSSR count). The predicted molar refractivity (Wildman–Crippen MR) is 97.3 cm³/mol. The summed E-state index contributed by atoms with van der Waals surface area (Å²) in [5.41, 5.74) is 3.26. The van der Waals surface area contributed by atoms with E-state index in [1.54, 1.807) is 0 Å². The number of rotatable bonds is 6. The molecule has 2 aromatic rings. The number of ketones is 1. The Bertz CT molecular complexity index is 668. The van der Waals surface area contributed by atoms with Crippen LogP contribution in [0, 0.1) is 13.8 Å². The van der Waals surface area contributed by atoms with Gasteiger partial charge in [0.2, 0.25) is 0 Å². The second kappa shape index (κ2) is 7.52. The van der Waals surface area contributed by atoms with E-state index in [1.165, 1.54) is 0 Å². The van der Waals surface area contributed by atoms with Crippen LogP contribution < -0.4 is 9.47 Å². The Morgan fingerprint density at radius 1 is 0.750 bits per heavy atom. The molecule has 0 atom stereocenters. The molecular weight excluding hydrogens is 300 g/mol. The van der Waals surface area contributed by atoms with Gasteiger partial charge in [0, 0.05) is 11.1 Å². The molecule has 0 aliphatic rings. The lowest BCUT2D eigenvalue weighted by atomic mass is 9.99. The van der Waals surface area contributed by atoms with Crippen molar-refractivity contribution in [2.45, 2.75) is 53.8 Å². The highest BCUT2D eigenvalue weighted by Gasteiger charge is 2.13. The fourth-order valence-corrected chi connectivity index (χ4v) is 2.52. The predicted octanol–water partition coefficient (Wildman–Crippen LogP) is 5.11. The van der Waals surface area contributed by atoms with E-state index in [9.17, 15) is 4.79 Å². The molecule has 0 bridgehead atoms. The first-order valence-electron chi connectivity index (χ1n) is 8.37. The maximum Gasteiger partial charge on any atom is 0.193 e. The average molecular weight is 326 g/mol. The monoisotopic (exact) mass is 326 g/mol. The lowest BCUT2D eigenvalue weighted by Gasteiger charge is -2.14. The first-order chi connectivity index (χ1) is 11.3.